The predicted octanol–water partition coefficient (Wildman–Crippen LogP) is 3.96. The van der Waals surface area contributed by atoms with Gasteiger partial charge in [0.1, 0.15) is 5.70 Å². The maximum absolute atomic E-state index is 12.5. The van der Waals surface area contributed by atoms with E-state index in [0.717, 1.165) is 0 Å². The van der Waals surface area contributed by atoms with E-state index < -0.39 is 17.6 Å². The highest BCUT2D eigenvalue weighted by atomic mass is 19.4. The second-order valence-electron chi connectivity index (χ2n) is 3.62. The first-order valence-electron chi connectivity index (χ1n) is 4.90. The third-order valence-electron chi connectivity index (χ3n) is 1.88. The van der Waals surface area contributed by atoms with Gasteiger partial charge in [-0.1, -0.05) is 30.3 Å². The molecule has 17 heavy (non-hydrogen) atoms. The molecule has 5 heteroatoms. The number of nitrogens with zero attached hydrogens (tertiary/aromatic N) is 1. The van der Waals surface area contributed by atoms with E-state index in [1.54, 1.807) is 32.0 Å². The molecular weight excluding hydrogens is 231 g/mol. The van der Waals surface area contributed by atoms with E-state index in [1.807, 2.05) is 0 Å². The molecule has 2 nitrogen and oxygen atoms in total. The van der Waals surface area contributed by atoms with E-state index in [4.69, 9.17) is 0 Å². The van der Waals surface area contributed by atoms with Crippen LogP contribution in [0.4, 0.5) is 13.2 Å². The molecule has 1 aromatic rings. The van der Waals surface area contributed by atoms with Crippen molar-refractivity contribution in [3.05, 3.63) is 41.7 Å². The Morgan fingerprint density at radius 2 is 1.65 bits per heavy atom. The molecule has 0 aliphatic heterocycles. The van der Waals surface area contributed by atoms with Gasteiger partial charge in [0.25, 0.3) is 0 Å². The van der Waals surface area contributed by atoms with Crippen LogP contribution in [0.3, 0.4) is 0 Å². The number of hydrogen-bond acceptors (Lipinski definition) is 2. The number of aliphatic hydroxyl groups is 1. The zero-order valence-corrected chi connectivity index (χ0v) is 9.42. The van der Waals surface area contributed by atoms with Gasteiger partial charge < -0.3 is 5.11 Å². The van der Waals surface area contributed by atoms with Gasteiger partial charge in [0, 0.05) is 11.3 Å². The summed E-state index contributed by atoms with van der Waals surface area (Å²) in [7, 11) is 0. The zero-order valence-electron chi connectivity index (χ0n) is 9.42. The number of rotatable bonds is 2. The van der Waals surface area contributed by atoms with Crippen LogP contribution in [0.15, 0.2) is 41.1 Å². The molecule has 0 spiro atoms. The van der Waals surface area contributed by atoms with E-state index >= 15 is 0 Å². The largest absolute Gasteiger partial charge is 0.503 e. The van der Waals surface area contributed by atoms with Crippen LogP contribution in [0, 0.1) is 0 Å². The first-order chi connectivity index (χ1) is 7.82. The zero-order chi connectivity index (χ0) is 13.1. The first kappa shape index (κ1) is 13.3. The van der Waals surface area contributed by atoms with Crippen molar-refractivity contribution in [3.8, 4) is 0 Å². The second kappa shape index (κ2) is 5.03. The van der Waals surface area contributed by atoms with Crippen LogP contribution in [0.1, 0.15) is 19.4 Å². The maximum Gasteiger partial charge on any atom is 0.450 e. The average molecular weight is 243 g/mol. The van der Waals surface area contributed by atoms with Crippen LogP contribution in [-0.2, 0) is 0 Å². The Kier molecular flexibility index (Phi) is 3.93. The lowest BCUT2D eigenvalue weighted by molar-refractivity contribution is -0.119. The second-order valence-corrected chi connectivity index (χ2v) is 3.62. The van der Waals surface area contributed by atoms with E-state index in [2.05, 4.69) is 4.99 Å². The minimum Gasteiger partial charge on any atom is -0.503 e. The molecule has 1 aromatic carbocycles. The van der Waals surface area contributed by atoms with E-state index in [0.29, 0.717) is 5.71 Å². The monoisotopic (exact) mass is 243 g/mol. The van der Waals surface area contributed by atoms with Crippen LogP contribution in [-0.4, -0.2) is 17.0 Å². The molecule has 1 N–H and O–H groups in total. The molecule has 0 fully saturated rings. The van der Waals surface area contributed by atoms with Crippen molar-refractivity contribution in [1.29, 1.82) is 0 Å². The predicted molar refractivity (Wildman–Crippen MR) is 60.8 cm³/mol. The van der Waals surface area contributed by atoms with Crippen LogP contribution in [0.5, 0.6) is 0 Å². The van der Waals surface area contributed by atoms with Crippen molar-refractivity contribution in [2.45, 2.75) is 20.0 Å². The highest BCUT2D eigenvalue weighted by molar-refractivity contribution is 5.86. The number of hydrogen-bond donors (Lipinski definition) is 1. The Labute approximate surface area is 97.1 Å². The molecule has 0 saturated heterocycles. The number of aliphatic imine (C=N–C) groups is 1. The minimum atomic E-state index is -4.80. The fourth-order valence-electron chi connectivity index (χ4n) is 1.21. The van der Waals surface area contributed by atoms with Gasteiger partial charge in [-0.15, -0.1) is 0 Å². The van der Waals surface area contributed by atoms with Gasteiger partial charge in [-0.3, -0.25) is 4.99 Å². The van der Waals surface area contributed by atoms with Gasteiger partial charge in [-0.2, -0.15) is 13.2 Å². The molecular formula is C12H12F3NO. The van der Waals surface area contributed by atoms with Gasteiger partial charge in [0.15, 0.2) is 0 Å². The van der Waals surface area contributed by atoms with Gasteiger partial charge in [0.05, 0.1) is 0 Å². The Balaban J connectivity index is 3.38. The molecule has 0 aromatic heterocycles. The number of allylic oxidation sites excluding steroid dienone is 1. The van der Waals surface area contributed by atoms with Gasteiger partial charge in [0.2, 0.25) is 5.76 Å². The summed E-state index contributed by atoms with van der Waals surface area (Å²) in [6, 6.07) is 7.76. The van der Waals surface area contributed by atoms with Crippen LogP contribution in [0.2, 0.25) is 0 Å². The summed E-state index contributed by atoms with van der Waals surface area (Å²) in [5.41, 5.74) is 0.196. The van der Waals surface area contributed by atoms with Crippen LogP contribution in [0.25, 0.3) is 5.70 Å². The molecule has 0 unspecified atom stereocenters. The normalized spacial score (nSPS) is 13.0. The highest BCUT2D eigenvalue weighted by Gasteiger charge is 2.37. The molecule has 0 heterocycles. The summed E-state index contributed by atoms with van der Waals surface area (Å²) in [6.07, 6.45) is -4.80. The number of alkyl halides is 3. The minimum absolute atomic E-state index is 0.225. The fourth-order valence-corrected chi connectivity index (χ4v) is 1.21. The average Bonchev–Trinajstić information content (AvgIpc) is 2.24. The summed E-state index contributed by atoms with van der Waals surface area (Å²) in [4.78, 5) is 3.74. The van der Waals surface area contributed by atoms with E-state index in [1.165, 1.54) is 12.1 Å². The fraction of sp³-hybridized carbons (Fsp3) is 0.250. The van der Waals surface area contributed by atoms with Gasteiger partial charge in [-0.25, -0.2) is 0 Å². The lowest BCUT2D eigenvalue weighted by Gasteiger charge is -2.10. The first-order valence-corrected chi connectivity index (χ1v) is 4.90. The SMILES string of the molecule is CC(C)=N/C(=C(/O)C(F)(F)F)c1ccccc1. The molecule has 0 amide bonds. The number of aliphatic hydroxyl groups excluding tert-OH is 1. The smallest absolute Gasteiger partial charge is 0.450 e. The summed E-state index contributed by atoms with van der Waals surface area (Å²) >= 11 is 0. The Hall–Kier alpha value is -1.78. The van der Waals surface area contributed by atoms with Gasteiger partial charge >= 0.3 is 6.18 Å². The number of halogens is 3. The maximum atomic E-state index is 12.5. The van der Waals surface area contributed by atoms with Crippen molar-refractivity contribution in [3.63, 3.8) is 0 Å². The van der Waals surface area contributed by atoms with Crippen molar-refractivity contribution >= 4 is 11.4 Å². The Morgan fingerprint density at radius 3 is 2.06 bits per heavy atom. The topological polar surface area (TPSA) is 32.6 Å². The van der Waals surface area contributed by atoms with Crippen LogP contribution >= 0.6 is 0 Å². The third kappa shape index (κ3) is 3.62. The van der Waals surface area contributed by atoms with Gasteiger partial charge in [-0.05, 0) is 13.8 Å². The molecule has 1 rings (SSSR count). The summed E-state index contributed by atoms with van der Waals surface area (Å²) in [5.74, 6) is -1.68. The van der Waals surface area contributed by atoms with Crippen molar-refractivity contribution in [1.82, 2.24) is 0 Å². The standard InChI is InChI=1S/C12H12F3NO/c1-8(2)16-10(11(17)12(13,14)15)9-6-4-3-5-7-9/h3-7,17H,1-2H3/b11-10+. The van der Waals surface area contributed by atoms with Crippen molar-refractivity contribution in [2.75, 3.05) is 0 Å². The summed E-state index contributed by atoms with van der Waals surface area (Å²) < 4.78 is 37.4. The Bertz CT molecular complexity index is 443. The summed E-state index contributed by atoms with van der Waals surface area (Å²) in [6.45, 7) is 3.12. The Morgan fingerprint density at radius 1 is 1.12 bits per heavy atom. The quantitative estimate of drug-likeness (QED) is 0.619. The third-order valence-corrected chi connectivity index (χ3v) is 1.88. The molecule has 0 atom stereocenters. The molecule has 0 aliphatic carbocycles. The van der Waals surface area contributed by atoms with Crippen molar-refractivity contribution < 1.29 is 18.3 Å². The van der Waals surface area contributed by atoms with Crippen LogP contribution < -0.4 is 0 Å². The molecule has 92 valence electrons. The number of benzene rings is 1. The molecule has 0 radical (unpaired) electrons. The highest BCUT2D eigenvalue weighted by Crippen LogP contribution is 2.31. The lowest BCUT2D eigenvalue weighted by atomic mass is 10.1. The van der Waals surface area contributed by atoms with E-state index in [9.17, 15) is 18.3 Å². The lowest BCUT2D eigenvalue weighted by Crippen LogP contribution is -2.13. The summed E-state index contributed by atoms with van der Waals surface area (Å²) in [5, 5.41) is 9.20. The molecule has 0 bridgehead atoms. The molecule has 0 saturated carbocycles. The van der Waals surface area contributed by atoms with E-state index in [-0.39, 0.29) is 5.56 Å². The molecule has 0 aliphatic rings. The van der Waals surface area contributed by atoms with Crippen molar-refractivity contribution in [2.24, 2.45) is 4.99 Å².